The first-order valence-corrected chi connectivity index (χ1v) is 3.65. The monoisotopic (exact) mass is 148 g/mol. The van der Waals surface area contributed by atoms with Crippen molar-refractivity contribution in [2.45, 2.75) is 0 Å². The lowest BCUT2D eigenvalue weighted by molar-refractivity contribution is 0.486. The van der Waals surface area contributed by atoms with E-state index in [1.54, 1.807) is 0 Å². The van der Waals surface area contributed by atoms with Crippen molar-refractivity contribution in [1.29, 1.82) is 0 Å². The quantitative estimate of drug-likeness (QED) is 0.431. The van der Waals surface area contributed by atoms with Gasteiger partial charge in [0.15, 0.2) is 0 Å². The molecule has 4 nitrogen and oxygen atoms in total. The number of hydrogen-bond donors (Lipinski definition) is 1. The first-order chi connectivity index (χ1) is 4.06. The molecule has 0 bridgehead atoms. The molecule has 0 aromatic carbocycles. The molecular weight excluding hydrogens is 142 g/mol. The van der Waals surface area contributed by atoms with Crippen molar-refractivity contribution in [3.8, 4) is 6.07 Å². The van der Waals surface area contributed by atoms with E-state index in [-0.39, 0.29) is 0 Å². The summed E-state index contributed by atoms with van der Waals surface area (Å²) in [5.74, 6) is -0.654. The number of allylic oxidation sites excluding steroid dienone is 1. The third kappa shape index (κ3) is 7.14. The zero-order valence-electron chi connectivity index (χ0n) is 4.61. The van der Waals surface area contributed by atoms with Gasteiger partial charge in [0.05, 0.1) is 6.08 Å². The molecule has 0 aromatic rings. The molecule has 0 heterocycles. The summed E-state index contributed by atoms with van der Waals surface area (Å²) in [6.45, 7) is 3.20. The van der Waals surface area contributed by atoms with E-state index in [1.807, 2.05) is 0 Å². The van der Waals surface area contributed by atoms with Crippen molar-refractivity contribution in [2.24, 2.45) is 0 Å². The molecule has 1 N–H and O–H groups in total. The van der Waals surface area contributed by atoms with E-state index < -0.39 is 16.0 Å². The molecule has 0 aliphatic heterocycles. The normalized spacial score (nSPS) is 9.44. The van der Waals surface area contributed by atoms with Crippen molar-refractivity contribution in [2.75, 3.05) is 5.88 Å². The number of nitrogens with zero attached hydrogens (tertiary/aromatic N) is 1. The van der Waals surface area contributed by atoms with Gasteiger partial charge in [-0.25, -0.2) is 0 Å². The molecule has 9 heavy (non-hydrogen) atoms. The minimum Gasteiger partial charge on any atom is -0.280 e. The summed E-state index contributed by atoms with van der Waals surface area (Å²) in [5, 5.41) is 0. The van der Waals surface area contributed by atoms with Gasteiger partial charge in [-0.1, -0.05) is 11.4 Å². The lowest BCUT2D eigenvalue weighted by Gasteiger charge is -1.72. The van der Waals surface area contributed by atoms with E-state index in [1.165, 1.54) is 6.08 Å². The molecule has 0 unspecified atom stereocenters. The summed E-state index contributed by atoms with van der Waals surface area (Å²) in [4.78, 5) is 3.16. The maximum atomic E-state index is 9.89. The Morgan fingerprint density at radius 2 is 2.33 bits per heavy atom. The van der Waals surface area contributed by atoms with Gasteiger partial charge in [0.25, 0.3) is 0 Å². The standard InChI is InChI=1S/C4H5NO3S/c1-2-3-5-4-9(6,7)8/h2H,1,4H2/p+1. The van der Waals surface area contributed by atoms with E-state index in [0.717, 1.165) is 0 Å². The van der Waals surface area contributed by atoms with Crippen LogP contribution in [0.3, 0.4) is 0 Å². The van der Waals surface area contributed by atoms with Gasteiger partial charge < -0.3 is 0 Å². The largest absolute Gasteiger partial charge is 0.384 e. The van der Waals surface area contributed by atoms with Crippen molar-refractivity contribution >= 4 is 10.1 Å². The predicted octanol–water partition coefficient (Wildman–Crippen LogP) is 0.351. The zero-order valence-corrected chi connectivity index (χ0v) is 5.43. The van der Waals surface area contributed by atoms with Crippen LogP contribution in [0.2, 0.25) is 0 Å². The van der Waals surface area contributed by atoms with Gasteiger partial charge >= 0.3 is 22.1 Å². The van der Waals surface area contributed by atoms with Crippen LogP contribution in [0, 0.1) is 6.07 Å². The number of rotatable bonds is 1. The highest BCUT2D eigenvalue weighted by Crippen LogP contribution is 1.80. The summed E-state index contributed by atoms with van der Waals surface area (Å²) in [5.41, 5.74) is 0. The van der Waals surface area contributed by atoms with Gasteiger partial charge in [-0.3, -0.25) is 4.55 Å². The zero-order chi connectivity index (χ0) is 7.33. The molecule has 5 heteroatoms. The van der Waals surface area contributed by atoms with Crippen LogP contribution in [0.25, 0.3) is 4.85 Å². The van der Waals surface area contributed by atoms with Crippen molar-refractivity contribution in [3.63, 3.8) is 0 Å². The van der Waals surface area contributed by atoms with E-state index in [4.69, 9.17) is 4.55 Å². The first-order valence-electron chi connectivity index (χ1n) is 2.04. The molecule has 0 aliphatic carbocycles. The van der Waals surface area contributed by atoms with E-state index in [9.17, 15) is 8.42 Å². The molecule has 0 saturated carbocycles. The second kappa shape index (κ2) is 3.22. The lowest BCUT2D eigenvalue weighted by Crippen LogP contribution is -1.98. The Labute approximate surface area is 53.4 Å². The smallest absolute Gasteiger partial charge is 0.280 e. The summed E-state index contributed by atoms with van der Waals surface area (Å²) in [6.07, 6.45) is 1.20. The summed E-state index contributed by atoms with van der Waals surface area (Å²) in [6, 6.07) is 2.15. The van der Waals surface area contributed by atoms with E-state index in [0.29, 0.717) is 0 Å². The van der Waals surface area contributed by atoms with Gasteiger partial charge in [-0.2, -0.15) is 8.42 Å². The third-order valence-corrected chi connectivity index (χ3v) is 0.866. The van der Waals surface area contributed by atoms with Gasteiger partial charge in [0.1, 0.15) is 0 Å². The minimum atomic E-state index is -3.97. The van der Waals surface area contributed by atoms with Gasteiger partial charge in [0.2, 0.25) is 0 Å². The summed E-state index contributed by atoms with van der Waals surface area (Å²) < 4.78 is 27.8. The molecule has 0 radical (unpaired) electrons. The SMILES string of the molecule is C=CC#[N+]CS(=O)(=O)O. The Hall–Kier alpha value is -0.860. The first kappa shape index (κ1) is 8.14. The molecule has 0 rings (SSSR count). The van der Waals surface area contributed by atoms with Gasteiger partial charge in [0, 0.05) is 0 Å². The number of hydrogen-bond acceptors (Lipinski definition) is 2. The van der Waals surface area contributed by atoms with Crippen LogP contribution in [0.1, 0.15) is 0 Å². The molecular formula is C4H6NO3S+. The summed E-state index contributed by atoms with van der Waals surface area (Å²) in [7, 11) is -3.97. The molecule has 0 atom stereocenters. The Kier molecular flexibility index (Phi) is 2.91. The van der Waals surface area contributed by atoms with E-state index >= 15 is 0 Å². The minimum absolute atomic E-state index is 0.654. The van der Waals surface area contributed by atoms with Crippen LogP contribution < -0.4 is 0 Å². The molecule has 0 spiro atoms. The summed E-state index contributed by atoms with van der Waals surface area (Å²) >= 11 is 0. The maximum absolute atomic E-state index is 9.89. The Bertz CT molecular complexity index is 243. The van der Waals surface area contributed by atoms with Gasteiger partial charge in [-0.05, 0) is 0 Å². The third-order valence-electron chi connectivity index (χ3n) is 0.410. The van der Waals surface area contributed by atoms with Crippen molar-refractivity contribution in [1.82, 2.24) is 0 Å². The molecule has 0 amide bonds. The molecule has 0 aromatic heterocycles. The fourth-order valence-corrected chi connectivity index (χ4v) is 0.421. The highest BCUT2D eigenvalue weighted by Gasteiger charge is 2.08. The molecule has 0 fully saturated rings. The van der Waals surface area contributed by atoms with E-state index in [2.05, 4.69) is 17.5 Å². The Morgan fingerprint density at radius 3 is 2.67 bits per heavy atom. The second-order valence-electron chi connectivity index (χ2n) is 1.20. The van der Waals surface area contributed by atoms with Crippen LogP contribution in [-0.2, 0) is 10.1 Å². The van der Waals surface area contributed by atoms with Crippen molar-refractivity contribution < 1.29 is 13.0 Å². The fraction of sp³-hybridized carbons (Fsp3) is 0.250. The Balaban J connectivity index is 3.93. The molecule has 0 aliphatic rings. The lowest BCUT2D eigenvalue weighted by atomic mass is 10.7. The highest BCUT2D eigenvalue weighted by molar-refractivity contribution is 7.85. The highest BCUT2D eigenvalue weighted by atomic mass is 32.2. The average Bonchev–Trinajstić information content (AvgIpc) is 1.63. The predicted molar refractivity (Wildman–Crippen MR) is 33.9 cm³/mol. The van der Waals surface area contributed by atoms with Crippen LogP contribution in [-0.4, -0.2) is 18.8 Å². The second-order valence-corrected chi connectivity index (χ2v) is 2.62. The van der Waals surface area contributed by atoms with Crippen LogP contribution in [0.5, 0.6) is 0 Å². The fourth-order valence-electron chi connectivity index (χ4n) is 0.183. The topological polar surface area (TPSA) is 58.7 Å². The maximum Gasteiger partial charge on any atom is 0.384 e. The van der Waals surface area contributed by atoms with Crippen LogP contribution in [0.4, 0.5) is 0 Å². The average molecular weight is 148 g/mol. The van der Waals surface area contributed by atoms with Crippen molar-refractivity contribution in [3.05, 3.63) is 17.5 Å². The Morgan fingerprint density at radius 1 is 1.78 bits per heavy atom. The van der Waals surface area contributed by atoms with Crippen LogP contribution >= 0.6 is 0 Å². The molecule has 50 valence electrons. The molecule has 0 saturated heterocycles. The van der Waals surface area contributed by atoms with Gasteiger partial charge in [-0.15, -0.1) is 0 Å². The van der Waals surface area contributed by atoms with Crippen LogP contribution in [0.15, 0.2) is 12.7 Å².